The zero-order chi connectivity index (χ0) is 16.9. The summed E-state index contributed by atoms with van der Waals surface area (Å²) >= 11 is 0. The van der Waals surface area contributed by atoms with Crippen molar-refractivity contribution in [3.8, 4) is 5.69 Å². The highest BCUT2D eigenvalue weighted by atomic mass is 16.1. The summed E-state index contributed by atoms with van der Waals surface area (Å²) in [4.78, 5) is 21.0. The highest BCUT2D eigenvalue weighted by Crippen LogP contribution is 2.19. The van der Waals surface area contributed by atoms with Crippen LogP contribution < -0.4 is 5.32 Å². The van der Waals surface area contributed by atoms with Crippen molar-refractivity contribution < 1.29 is 4.79 Å². The zero-order valence-electron chi connectivity index (χ0n) is 14.1. The fourth-order valence-electron chi connectivity index (χ4n) is 2.73. The third kappa shape index (κ3) is 3.62. The van der Waals surface area contributed by atoms with E-state index in [1.54, 1.807) is 6.20 Å². The Morgan fingerprint density at radius 1 is 1.17 bits per heavy atom. The van der Waals surface area contributed by atoms with Crippen molar-refractivity contribution in [1.29, 1.82) is 0 Å². The number of rotatable bonds is 6. The Morgan fingerprint density at radius 3 is 2.71 bits per heavy atom. The lowest BCUT2D eigenvalue weighted by atomic mass is 10.1. The Kier molecular flexibility index (Phi) is 4.89. The number of aromatic nitrogens is 3. The molecule has 2 aromatic heterocycles. The van der Waals surface area contributed by atoms with Crippen molar-refractivity contribution in [1.82, 2.24) is 19.9 Å². The molecular formula is C19H22N4O. The lowest BCUT2D eigenvalue weighted by molar-refractivity contribution is -0.121. The van der Waals surface area contributed by atoms with E-state index in [2.05, 4.69) is 14.9 Å². The second kappa shape index (κ2) is 7.25. The minimum atomic E-state index is 0.0884. The monoisotopic (exact) mass is 322 g/mol. The van der Waals surface area contributed by atoms with Crippen molar-refractivity contribution in [3.05, 3.63) is 54.5 Å². The van der Waals surface area contributed by atoms with Gasteiger partial charge in [-0.25, -0.2) is 9.97 Å². The van der Waals surface area contributed by atoms with E-state index in [0.29, 0.717) is 25.3 Å². The number of imidazole rings is 1. The molecule has 5 nitrogen and oxygen atoms in total. The predicted molar refractivity (Wildman–Crippen MR) is 95.0 cm³/mol. The average molecular weight is 322 g/mol. The minimum Gasteiger partial charge on any atom is -0.356 e. The number of amides is 1. The average Bonchev–Trinajstić information content (AvgIpc) is 2.93. The SMILES string of the molecule is CC(C)CC(=O)NCCc1nc2cccnc2n1-c1ccccc1. The van der Waals surface area contributed by atoms with Crippen LogP contribution in [-0.2, 0) is 11.2 Å². The number of carbonyl (C=O) groups excluding carboxylic acids is 1. The molecule has 0 atom stereocenters. The lowest BCUT2D eigenvalue weighted by Gasteiger charge is -2.10. The molecule has 0 saturated carbocycles. The predicted octanol–water partition coefficient (Wildman–Crippen LogP) is 3.13. The maximum absolute atomic E-state index is 11.8. The number of para-hydroxylation sites is 1. The van der Waals surface area contributed by atoms with Gasteiger partial charge in [0.05, 0.1) is 0 Å². The Balaban J connectivity index is 1.84. The molecule has 1 aromatic carbocycles. The zero-order valence-corrected chi connectivity index (χ0v) is 14.1. The van der Waals surface area contributed by atoms with Crippen LogP contribution in [0.3, 0.4) is 0 Å². The molecule has 0 aliphatic rings. The number of nitrogens with one attached hydrogen (secondary N) is 1. The van der Waals surface area contributed by atoms with Crippen LogP contribution in [-0.4, -0.2) is 27.0 Å². The molecule has 0 saturated heterocycles. The van der Waals surface area contributed by atoms with Crippen LogP contribution in [0.4, 0.5) is 0 Å². The summed E-state index contributed by atoms with van der Waals surface area (Å²) in [6.07, 6.45) is 2.99. The summed E-state index contributed by atoms with van der Waals surface area (Å²) < 4.78 is 2.06. The molecule has 3 rings (SSSR count). The third-order valence-electron chi connectivity index (χ3n) is 3.76. The van der Waals surface area contributed by atoms with Gasteiger partial charge in [0.1, 0.15) is 11.3 Å². The molecule has 1 N–H and O–H groups in total. The topological polar surface area (TPSA) is 59.8 Å². The largest absolute Gasteiger partial charge is 0.356 e. The fraction of sp³-hybridized carbons (Fsp3) is 0.316. The smallest absolute Gasteiger partial charge is 0.220 e. The molecule has 0 bridgehead atoms. The maximum atomic E-state index is 11.8. The van der Waals surface area contributed by atoms with Crippen LogP contribution >= 0.6 is 0 Å². The first-order valence-electron chi connectivity index (χ1n) is 8.29. The maximum Gasteiger partial charge on any atom is 0.220 e. The summed E-state index contributed by atoms with van der Waals surface area (Å²) in [5, 5.41) is 2.97. The lowest BCUT2D eigenvalue weighted by Crippen LogP contribution is -2.27. The van der Waals surface area contributed by atoms with Crippen molar-refractivity contribution in [2.24, 2.45) is 5.92 Å². The van der Waals surface area contributed by atoms with Gasteiger partial charge in [-0.05, 0) is 30.2 Å². The van der Waals surface area contributed by atoms with Crippen molar-refractivity contribution in [3.63, 3.8) is 0 Å². The van der Waals surface area contributed by atoms with Crippen LogP contribution in [0.1, 0.15) is 26.1 Å². The van der Waals surface area contributed by atoms with E-state index in [0.717, 1.165) is 22.7 Å². The number of carbonyl (C=O) groups is 1. The summed E-state index contributed by atoms with van der Waals surface area (Å²) in [7, 11) is 0. The van der Waals surface area contributed by atoms with Crippen LogP contribution in [0.15, 0.2) is 48.7 Å². The Morgan fingerprint density at radius 2 is 1.96 bits per heavy atom. The summed E-state index contributed by atoms with van der Waals surface area (Å²) in [6, 6.07) is 13.9. The molecule has 5 heteroatoms. The van der Waals surface area contributed by atoms with E-state index in [1.165, 1.54) is 0 Å². The van der Waals surface area contributed by atoms with Crippen molar-refractivity contribution >= 4 is 17.1 Å². The number of nitrogens with zero attached hydrogens (tertiary/aromatic N) is 3. The van der Waals surface area contributed by atoms with E-state index >= 15 is 0 Å². The summed E-state index contributed by atoms with van der Waals surface area (Å²) in [5.74, 6) is 1.35. The number of hydrogen-bond donors (Lipinski definition) is 1. The van der Waals surface area contributed by atoms with Gasteiger partial charge in [-0.3, -0.25) is 9.36 Å². The van der Waals surface area contributed by atoms with Gasteiger partial charge >= 0.3 is 0 Å². The molecule has 0 aliphatic heterocycles. The van der Waals surface area contributed by atoms with Gasteiger partial charge in [0.25, 0.3) is 0 Å². The van der Waals surface area contributed by atoms with Gasteiger partial charge in [-0.2, -0.15) is 0 Å². The van der Waals surface area contributed by atoms with E-state index in [9.17, 15) is 4.79 Å². The molecule has 0 spiro atoms. The third-order valence-corrected chi connectivity index (χ3v) is 3.76. The highest BCUT2D eigenvalue weighted by molar-refractivity contribution is 5.76. The first-order valence-corrected chi connectivity index (χ1v) is 8.29. The van der Waals surface area contributed by atoms with Gasteiger partial charge in [0.15, 0.2) is 5.65 Å². The summed E-state index contributed by atoms with van der Waals surface area (Å²) in [5.41, 5.74) is 2.74. The molecule has 124 valence electrons. The second-order valence-corrected chi connectivity index (χ2v) is 6.24. The normalized spacial score (nSPS) is 11.1. The number of pyridine rings is 1. The minimum absolute atomic E-state index is 0.0884. The van der Waals surface area contributed by atoms with Gasteiger partial charge in [-0.1, -0.05) is 32.0 Å². The molecule has 3 aromatic rings. The first-order chi connectivity index (χ1) is 11.6. The van der Waals surface area contributed by atoms with Gasteiger partial charge in [-0.15, -0.1) is 0 Å². The molecule has 1 amide bonds. The molecule has 0 radical (unpaired) electrons. The van der Waals surface area contributed by atoms with Crippen molar-refractivity contribution in [2.75, 3.05) is 6.54 Å². The Hall–Kier alpha value is -2.69. The van der Waals surface area contributed by atoms with Gasteiger partial charge in [0.2, 0.25) is 5.91 Å². The van der Waals surface area contributed by atoms with E-state index in [4.69, 9.17) is 4.98 Å². The fourth-order valence-corrected chi connectivity index (χ4v) is 2.73. The Bertz CT molecular complexity index is 824. The molecule has 24 heavy (non-hydrogen) atoms. The Labute approximate surface area is 141 Å². The van der Waals surface area contributed by atoms with Gasteiger partial charge in [0, 0.05) is 31.3 Å². The van der Waals surface area contributed by atoms with Crippen LogP contribution in [0, 0.1) is 5.92 Å². The standard InChI is InChI=1S/C19H22N4O/c1-14(2)13-18(24)20-12-10-17-22-16-9-6-11-21-19(16)23(17)15-7-4-3-5-8-15/h3-9,11,14H,10,12-13H2,1-2H3,(H,20,24). The van der Waals surface area contributed by atoms with Gasteiger partial charge < -0.3 is 5.32 Å². The number of fused-ring (bicyclic) bond motifs is 1. The summed E-state index contributed by atoms with van der Waals surface area (Å²) in [6.45, 7) is 4.65. The molecule has 0 fully saturated rings. The highest BCUT2D eigenvalue weighted by Gasteiger charge is 2.13. The van der Waals surface area contributed by atoms with Crippen LogP contribution in [0.2, 0.25) is 0 Å². The van der Waals surface area contributed by atoms with E-state index < -0.39 is 0 Å². The molecule has 0 aliphatic carbocycles. The van der Waals surface area contributed by atoms with E-state index in [-0.39, 0.29) is 5.91 Å². The first kappa shape index (κ1) is 16.2. The molecular weight excluding hydrogens is 300 g/mol. The second-order valence-electron chi connectivity index (χ2n) is 6.24. The van der Waals surface area contributed by atoms with Crippen LogP contribution in [0.5, 0.6) is 0 Å². The molecule has 2 heterocycles. The number of benzene rings is 1. The van der Waals surface area contributed by atoms with E-state index in [1.807, 2.05) is 56.3 Å². The van der Waals surface area contributed by atoms with Crippen LogP contribution in [0.25, 0.3) is 16.9 Å². The quantitative estimate of drug-likeness (QED) is 0.758. The number of hydrogen-bond acceptors (Lipinski definition) is 3. The molecule has 0 unspecified atom stereocenters. The van der Waals surface area contributed by atoms with Crippen molar-refractivity contribution in [2.45, 2.75) is 26.7 Å².